The van der Waals surface area contributed by atoms with Gasteiger partial charge in [-0.2, -0.15) is 5.26 Å². The van der Waals surface area contributed by atoms with E-state index in [9.17, 15) is 4.79 Å². The lowest BCUT2D eigenvalue weighted by Crippen LogP contribution is -2.20. The Morgan fingerprint density at radius 3 is 2.61 bits per heavy atom. The summed E-state index contributed by atoms with van der Waals surface area (Å²) in [5.74, 6) is 0.910. The molecule has 0 aromatic heterocycles. The van der Waals surface area contributed by atoms with Gasteiger partial charge >= 0.3 is 0 Å². The zero-order valence-corrected chi connectivity index (χ0v) is 10.2. The number of nitriles is 1. The number of ether oxygens (including phenoxy) is 1. The van der Waals surface area contributed by atoms with Crippen LogP contribution >= 0.6 is 0 Å². The Labute approximate surface area is 107 Å². The lowest BCUT2D eigenvalue weighted by atomic mass is 10.1. The van der Waals surface area contributed by atoms with Gasteiger partial charge in [0, 0.05) is 11.6 Å². The molecule has 0 saturated heterocycles. The molecular formula is C14H16N2O2. The van der Waals surface area contributed by atoms with Crippen molar-refractivity contribution in [3.05, 3.63) is 24.3 Å². The molecule has 0 atom stereocenters. The molecule has 1 aromatic carbocycles. The van der Waals surface area contributed by atoms with Gasteiger partial charge in [0.25, 0.3) is 0 Å². The molecule has 1 amide bonds. The molecule has 1 saturated carbocycles. The van der Waals surface area contributed by atoms with E-state index in [0.29, 0.717) is 5.75 Å². The number of rotatable bonds is 4. The van der Waals surface area contributed by atoms with Crippen LogP contribution in [0.15, 0.2) is 24.3 Å². The van der Waals surface area contributed by atoms with E-state index >= 15 is 0 Å². The Balaban J connectivity index is 1.89. The first-order valence-electron chi connectivity index (χ1n) is 6.20. The van der Waals surface area contributed by atoms with Crippen molar-refractivity contribution in [1.29, 1.82) is 5.26 Å². The minimum Gasteiger partial charge on any atom is -0.479 e. The van der Waals surface area contributed by atoms with Gasteiger partial charge in [0.2, 0.25) is 5.91 Å². The topological polar surface area (TPSA) is 62.1 Å². The van der Waals surface area contributed by atoms with Crippen LogP contribution in [0.3, 0.4) is 0 Å². The van der Waals surface area contributed by atoms with E-state index in [0.717, 1.165) is 31.4 Å². The molecule has 0 aliphatic heterocycles. The van der Waals surface area contributed by atoms with Crippen molar-refractivity contribution in [2.75, 3.05) is 11.9 Å². The van der Waals surface area contributed by atoms with E-state index in [2.05, 4.69) is 5.32 Å². The van der Waals surface area contributed by atoms with Crippen molar-refractivity contribution in [3.63, 3.8) is 0 Å². The maximum absolute atomic E-state index is 11.9. The summed E-state index contributed by atoms with van der Waals surface area (Å²) in [5, 5.41) is 11.3. The Morgan fingerprint density at radius 1 is 1.33 bits per heavy atom. The molecule has 94 valence electrons. The number of hydrogen-bond acceptors (Lipinski definition) is 3. The second kappa shape index (κ2) is 6.06. The molecule has 4 heteroatoms. The van der Waals surface area contributed by atoms with E-state index in [4.69, 9.17) is 10.00 Å². The zero-order valence-electron chi connectivity index (χ0n) is 10.2. The maximum Gasteiger partial charge on any atom is 0.227 e. The fourth-order valence-corrected chi connectivity index (χ4v) is 2.18. The minimum absolute atomic E-state index is 0.0355. The molecule has 4 nitrogen and oxygen atoms in total. The lowest BCUT2D eigenvalue weighted by Gasteiger charge is -2.10. The summed E-state index contributed by atoms with van der Waals surface area (Å²) in [7, 11) is 0. The minimum atomic E-state index is 0.0355. The van der Waals surface area contributed by atoms with E-state index in [1.165, 1.54) is 0 Å². The third-order valence-corrected chi connectivity index (χ3v) is 3.15. The number of benzene rings is 1. The Morgan fingerprint density at radius 2 is 2.00 bits per heavy atom. The average Bonchev–Trinajstić information content (AvgIpc) is 2.92. The molecular weight excluding hydrogens is 228 g/mol. The van der Waals surface area contributed by atoms with Crippen LogP contribution in [0.5, 0.6) is 5.75 Å². The van der Waals surface area contributed by atoms with Crippen LogP contribution < -0.4 is 10.1 Å². The molecule has 2 rings (SSSR count). The first-order valence-corrected chi connectivity index (χ1v) is 6.20. The van der Waals surface area contributed by atoms with Gasteiger partial charge in [-0.15, -0.1) is 0 Å². The summed E-state index contributed by atoms with van der Waals surface area (Å²) in [5.41, 5.74) is 0.774. The van der Waals surface area contributed by atoms with Crippen LogP contribution in [0, 0.1) is 17.2 Å². The molecule has 1 aromatic rings. The Kier molecular flexibility index (Phi) is 4.19. The van der Waals surface area contributed by atoms with E-state index in [-0.39, 0.29) is 18.4 Å². The van der Waals surface area contributed by atoms with Crippen LogP contribution in [0.1, 0.15) is 25.7 Å². The van der Waals surface area contributed by atoms with Gasteiger partial charge < -0.3 is 10.1 Å². The first kappa shape index (κ1) is 12.4. The van der Waals surface area contributed by atoms with Crippen molar-refractivity contribution < 1.29 is 9.53 Å². The number of carbonyl (C=O) groups excluding carboxylic acids is 1. The predicted octanol–water partition coefficient (Wildman–Crippen LogP) is 2.72. The quantitative estimate of drug-likeness (QED) is 0.885. The molecule has 1 N–H and O–H groups in total. The molecule has 1 aliphatic carbocycles. The van der Waals surface area contributed by atoms with Crippen LogP contribution in [-0.2, 0) is 4.79 Å². The number of hydrogen-bond donors (Lipinski definition) is 1. The van der Waals surface area contributed by atoms with Gasteiger partial charge in [-0.3, -0.25) is 4.79 Å². The molecule has 1 aliphatic rings. The summed E-state index contributed by atoms with van der Waals surface area (Å²) >= 11 is 0. The molecule has 0 bridgehead atoms. The normalized spacial score (nSPS) is 15.1. The molecule has 1 fully saturated rings. The predicted molar refractivity (Wildman–Crippen MR) is 68.1 cm³/mol. The fourth-order valence-electron chi connectivity index (χ4n) is 2.18. The lowest BCUT2D eigenvalue weighted by molar-refractivity contribution is -0.119. The number of nitrogens with one attached hydrogen (secondary N) is 1. The molecule has 18 heavy (non-hydrogen) atoms. The number of amides is 1. The van der Waals surface area contributed by atoms with Crippen LogP contribution in [0.2, 0.25) is 0 Å². The van der Waals surface area contributed by atoms with E-state index in [1.807, 2.05) is 6.07 Å². The van der Waals surface area contributed by atoms with Crippen LogP contribution in [0.4, 0.5) is 5.69 Å². The third-order valence-electron chi connectivity index (χ3n) is 3.15. The highest BCUT2D eigenvalue weighted by molar-refractivity contribution is 5.92. The smallest absolute Gasteiger partial charge is 0.227 e. The summed E-state index contributed by atoms with van der Waals surface area (Å²) in [6.45, 7) is 0.0355. The summed E-state index contributed by atoms with van der Waals surface area (Å²) in [6, 6.07) is 8.99. The Bertz CT molecular complexity index is 442. The average molecular weight is 244 g/mol. The van der Waals surface area contributed by atoms with Gasteiger partial charge in [-0.25, -0.2) is 0 Å². The van der Waals surface area contributed by atoms with Gasteiger partial charge in [-0.05, 0) is 37.1 Å². The zero-order chi connectivity index (χ0) is 12.8. The first-order chi connectivity index (χ1) is 8.79. The number of anilines is 1. The largest absolute Gasteiger partial charge is 0.479 e. The Hall–Kier alpha value is -2.02. The van der Waals surface area contributed by atoms with Crippen molar-refractivity contribution in [2.24, 2.45) is 5.92 Å². The van der Waals surface area contributed by atoms with Crippen molar-refractivity contribution in [1.82, 2.24) is 0 Å². The standard InChI is InChI=1S/C14H16N2O2/c15-9-10-18-13-7-5-12(6-8-13)16-14(17)11-3-1-2-4-11/h5-8,11H,1-4,10H2,(H,16,17). The van der Waals surface area contributed by atoms with Crippen LogP contribution in [-0.4, -0.2) is 12.5 Å². The molecule has 0 unspecified atom stereocenters. The van der Waals surface area contributed by atoms with Gasteiger partial charge in [0.1, 0.15) is 11.8 Å². The van der Waals surface area contributed by atoms with Gasteiger partial charge in [0.05, 0.1) is 0 Å². The molecule has 0 heterocycles. The summed E-state index contributed by atoms with van der Waals surface area (Å²) < 4.78 is 5.14. The summed E-state index contributed by atoms with van der Waals surface area (Å²) in [4.78, 5) is 11.9. The maximum atomic E-state index is 11.9. The second-order valence-electron chi connectivity index (χ2n) is 4.44. The van der Waals surface area contributed by atoms with Crippen molar-refractivity contribution >= 4 is 11.6 Å². The summed E-state index contributed by atoms with van der Waals surface area (Å²) in [6.07, 6.45) is 4.29. The van der Waals surface area contributed by atoms with Gasteiger partial charge in [0.15, 0.2) is 6.61 Å². The highest BCUT2D eigenvalue weighted by atomic mass is 16.5. The fraction of sp³-hybridized carbons (Fsp3) is 0.429. The SMILES string of the molecule is N#CCOc1ccc(NC(=O)C2CCCC2)cc1. The van der Waals surface area contributed by atoms with E-state index in [1.54, 1.807) is 24.3 Å². The third kappa shape index (κ3) is 3.24. The number of nitrogens with zero attached hydrogens (tertiary/aromatic N) is 1. The highest BCUT2D eigenvalue weighted by Crippen LogP contribution is 2.26. The van der Waals surface area contributed by atoms with Gasteiger partial charge in [-0.1, -0.05) is 12.8 Å². The highest BCUT2D eigenvalue weighted by Gasteiger charge is 2.22. The van der Waals surface area contributed by atoms with Crippen molar-refractivity contribution in [3.8, 4) is 11.8 Å². The van der Waals surface area contributed by atoms with Crippen molar-refractivity contribution in [2.45, 2.75) is 25.7 Å². The second-order valence-corrected chi connectivity index (χ2v) is 4.44. The number of carbonyl (C=O) groups is 1. The molecule has 0 radical (unpaired) electrons. The van der Waals surface area contributed by atoms with E-state index < -0.39 is 0 Å². The molecule has 0 spiro atoms. The van der Waals surface area contributed by atoms with Crippen LogP contribution in [0.25, 0.3) is 0 Å². The monoisotopic (exact) mass is 244 g/mol.